The number of aromatic nitrogens is 4. The second kappa shape index (κ2) is 8.76. The van der Waals surface area contributed by atoms with Crippen molar-refractivity contribution in [3.05, 3.63) is 53.6 Å². The summed E-state index contributed by atoms with van der Waals surface area (Å²) in [5, 5.41) is 15.5. The zero-order chi connectivity index (χ0) is 25.4. The molecular weight excluding hydrogens is 487 g/mol. The number of aryl methyl sites for hydroxylation is 1. The summed E-state index contributed by atoms with van der Waals surface area (Å²) in [6.07, 6.45) is -4.60. The number of nitriles is 1. The van der Waals surface area contributed by atoms with Gasteiger partial charge in [-0.25, -0.2) is 13.4 Å². The van der Waals surface area contributed by atoms with Crippen LogP contribution in [0.1, 0.15) is 11.1 Å². The zero-order valence-corrected chi connectivity index (χ0v) is 18.7. The minimum Gasteiger partial charge on any atom is -0.467 e. The molecule has 4 N–H and O–H groups in total. The first-order chi connectivity index (χ1) is 16.5. The summed E-state index contributed by atoms with van der Waals surface area (Å²) in [4.78, 5) is 8.06. The lowest BCUT2D eigenvalue weighted by molar-refractivity contribution is -0.153. The van der Waals surface area contributed by atoms with Crippen LogP contribution < -0.4 is 15.2 Å². The second-order valence-electron chi connectivity index (χ2n) is 7.39. The van der Waals surface area contributed by atoms with Gasteiger partial charge < -0.3 is 10.5 Å². The van der Waals surface area contributed by atoms with Crippen LogP contribution in [0.15, 0.2) is 47.4 Å². The van der Waals surface area contributed by atoms with Gasteiger partial charge in [-0.3, -0.25) is 9.82 Å². The number of sulfonamides is 1. The summed E-state index contributed by atoms with van der Waals surface area (Å²) in [6, 6.07) is 12.0. The molecule has 10 nitrogen and oxygen atoms in total. The molecule has 0 amide bonds. The number of rotatable bonds is 6. The molecule has 0 bridgehead atoms. The Morgan fingerprint density at radius 1 is 1.17 bits per heavy atom. The summed E-state index contributed by atoms with van der Waals surface area (Å²) in [5.74, 6) is -0.468. The maximum atomic E-state index is 12.8. The summed E-state index contributed by atoms with van der Waals surface area (Å²) in [7, 11) is -4.07. The SMILES string of the molecule is Cc1ccc(C#N)c(S(=O)(=O)Nc2ccc(-c3nc(OCC(F)(F)F)c4c(N)[nH]nc4n3)cc2)c1. The molecule has 2 aromatic heterocycles. The Labute approximate surface area is 196 Å². The van der Waals surface area contributed by atoms with Gasteiger partial charge in [0, 0.05) is 11.3 Å². The van der Waals surface area contributed by atoms with E-state index in [1.165, 1.54) is 36.4 Å². The normalized spacial score (nSPS) is 11.9. The molecule has 0 saturated carbocycles. The van der Waals surface area contributed by atoms with E-state index in [-0.39, 0.29) is 38.8 Å². The molecule has 35 heavy (non-hydrogen) atoms. The summed E-state index contributed by atoms with van der Waals surface area (Å²) >= 11 is 0. The number of aromatic amines is 1. The van der Waals surface area contributed by atoms with Crippen LogP contribution in [0.3, 0.4) is 0 Å². The van der Waals surface area contributed by atoms with Crippen molar-refractivity contribution in [2.75, 3.05) is 17.1 Å². The van der Waals surface area contributed by atoms with Crippen molar-refractivity contribution in [3.63, 3.8) is 0 Å². The first-order valence-electron chi connectivity index (χ1n) is 9.82. The van der Waals surface area contributed by atoms with Crippen LogP contribution in [-0.2, 0) is 10.0 Å². The Balaban J connectivity index is 1.65. The van der Waals surface area contributed by atoms with E-state index in [0.717, 1.165) is 0 Å². The van der Waals surface area contributed by atoms with Gasteiger partial charge in [-0.15, -0.1) is 0 Å². The maximum Gasteiger partial charge on any atom is 0.422 e. The van der Waals surface area contributed by atoms with Gasteiger partial charge in [0.05, 0.1) is 5.56 Å². The molecular formula is C21H16F3N7O3S. The van der Waals surface area contributed by atoms with Gasteiger partial charge in [0.2, 0.25) is 5.88 Å². The number of alkyl halides is 3. The Hall–Kier alpha value is -4.38. The van der Waals surface area contributed by atoms with E-state index < -0.39 is 28.7 Å². The first kappa shape index (κ1) is 23.8. The molecule has 180 valence electrons. The fourth-order valence-electron chi connectivity index (χ4n) is 3.14. The molecule has 14 heteroatoms. The third-order valence-corrected chi connectivity index (χ3v) is 6.14. The molecule has 0 aliphatic rings. The molecule has 4 rings (SSSR count). The highest BCUT2D eigenvalue weighted by atomic mass is 32.2. The number of benzene rings is 2. The van der Waals surface area contributed by atoms with Crippen molar-refractivity contribution in [1.29, 1.82) is 5.26 Å². The average Bonchev–Trinajstić information content (AvgIpc) is 3.18. The monoisotopic (exact) mass is 503 g/mol. The Bertz CT molecular complexity index is 1560. The molecule has 0 spiro atoms. The van der Waals surface area contributed by atoms with E-state index in [4.69, 9.17) is 10.5 Å². The highest BCUT2D eigenvalue weighted by Gasteiger charge is 2.30. The van der Waals surface area contributed by atoms with Gasteiger partial charge >= 0.3 is 6.18 Å². The molecule has 2 heterocycles. The highest BCUT2D eigenvalue weighted by Crippen LogP contribution is 2.31. The molecule has 4 aromatic rings. The van der Waals surface area contributed by atoms with Crippen LogP contribution >= 0.6 is 0 Å². The number of nitrogens with zero attached hydrogens (tertiary/aromatic N) is 4. The van der Waals surface area contributed by atoms with Gasteiger partial charge in [-0.2, -0.15) is 28.5 Å². The van der Waals surface area contributed by atoms with Crippen molar-refractivity contribution >= 4 is 32.6 Å². The lowest BCUT2D eigenvalue weighted by Gasteiger charge is -2.12. The number of ether oxygens (including phenoxy) is 1. The molecule has 2 aromatic carbocycles. The van der Waals surface area contributed by atoms with E-state index >= 15 is 0 Å². The lowest BCUT2D eigenvalue weighted by atomic mass is 10.2. The third-order valence-electron chi connectivity index (χ3n) is 4.72. The number of nitrogens with two attached hydrogens (primary N) is 1. The topological polar surface area (TPSA) is 160 Å². The maximum absolute atomic E-state index is 12.8. The number of H-pyrrole nitrogens is 1. The van der Waals surface area contributed by atoms with Crippen molar-refractivity contribution < 1.29 is 26.3 Å². The van der Waals surface area contributed by atoms with E-state index in [2.05, 4.69) is 24.9 Å². The Morgan fingerprint density at radius 3 is 2.54 bits per heavy atom. The number of fused-ring (bicyclic) bond motifs is 1. The number of hydrogen-bond acceptors (Lipinski definition) is 8. The molecule has 0 radical (unpaired) electrons. The van der Waals surface area contributed by atoms with Gasteiger partial charge in [0.1, 0.15) is 22.2 Å². The van der Waals surface area contributed by atoms with Crippen molar-refractivity contribution in [2.45, 2.75) is 18.0 Å². The number of hydrogen-bond donors (Lipinski definition) is 3. The summed E-state index contributed by atoms with van der Waals surface area (Å²) < 4.78 is 70.8. The minimum atomic E-state index is -4.60. The van der Waals surface area contributed by atoms with Gasteiger partial charge in [-0.1, -0.05) is 6.07 Å². The molecule has 0 saturated heterocycles. The zero-order valence-electron chi connectivity index (χ0n) is 17.9. The molecule has 0 aliphatic carbocycles. The third kappa shape index (κ3) is 5.09. The fraction of sp³-hybridized carbons (Fsp3) is 0.143. The van der Waals surface area contributed by atoms with Crippen molar-refractivity contribution in [1.82, 2.24) is 20.2 Å². The smallest absolute Gasteiger partial charge is 0.422 e. The Morgan fingerprint density at radius 2 is 1.89 bits per heavy atom. The number of nitrogens with one attached hydrogen (secondary N) is 2. The summed E-state index contributed by atoms with van der Waals surface area (Å²) in [5.41, 5.74) is 6.90. The molecule has 0 fully saturated rings. The first-order valence-corrected chi connectivity index (χ1v) is 11.3. The standard InChI is InChI=1S/C21H16F3N7O3S/c1-11-2-3-13(9-25)15(8-11)35(32,33)31-14-6-4-12(5-7-14)18-27-19-16(17(26)29-30-19)20(28-18)34-10-21(22,23)24/h2-8,31H,10H2,1H3,(H3,26,27,28,29,30). The van der Waals surface area contributed by atoms with Crippen LogP contribution in [0.25, 0.3) is 22.4 Å². The van der Waals surface area contributed by atoms with Crippen LogP contribution in [0.2, 0.25) is 0 Å². The predicted octanol–water partition coefficient (Wildman–Crippen LogP) is 3.52. The van der Waals surface area contributed by atoms with E-state index in [0.29, 0.717) is 11.1 Å². The van der Waals surface area contributed by atoms with Crippen LogP contribution in [0.4, 0.5) is 24.7 Å². The van der Waals surface area contributed by atoms with Crippen LogP contribution in [0.5, 0.6) is 5.88 Å². The van der Waals surface area contributed by atoms with E-state index in [9.17, 15) is 26.9 Å². The molecule has 0 atom stereocenters. The molecule has 0 unspecified atom stereocenters. The number of nitrogen functional groups attached to an aromatic ring is 1. The van der Waals surface area contributed by atoms with Crippen molar-refractivity contribution in [3.8, 4) is 23.3 Å². The fourth-order valence-corrected chi connectivity index (χ4v) is 4.44. The van der Waals surface area contributed by atoms with E-state index in [1.54, 1.807) is 13.0 Å². The average molecular weight is 503 g/mol. The van der Waals surface area contributed by atoms with Gasteiger partial charge in [0.15, 0.2) is 18.1 Å². The van der Waals surface area contributed by atoms with Gasteiger partial charge in [0.25, 0.3) is 10.0 Å². The second-order valence-corrected chi connectivity index (χ2v) is 9.04. The van der Waals surface area contributed by atoms with Crippen molar-refractivity contribution in [2.24, 2.45) is 0 Å². The van der Waals surface area contributed by atoms with Gasteiger partial charge in [-0.05, 0) is 48.9 Å². The number of halogens is 3. The molecule has 0 aliphatic heterocycles. The van der Waals surface area contributed by atoms with E-state index in [1.807, 2.05) is 6.07 Å². The quantitative estimate of drug-likeness (QED) is 0.360. The Kier molecular flexibility index (Phi) is 5.95. The van der Waals surface area contributed by atoms with Crippen LogP contribution in [0, 0.1) is 18.3 Å². The number of anilines is 2. The lowest BCUT2D eigenvalue weighted by Crippen LogP contribution is -2.20. The highest BCUT2D eigenvalue weighted by molar-refractivity contribution is 7.92. The summed E-state index contributed by atoms with van der Waals surface area (Å²) in [6.45, 7) is 0.110. The predicted molar refractivity (Wildman–Crippen MR) is 120 cm³/mol. The minimum absolute atomic E-state index is 0.00191. The van der Waals surface area contributed by atoms with Crippen LogP contribution in [-0.4, -0.2) is 41.4 Å². The largest absolute Gasteiger partial charge is 0.467 e.